The molecule has 0 bridgehead atoms. The Labute approximate surface area is 107 Å². The van der Waals surface area contributed by atoms with Crippen molar-refractivity contribution in [3.05, 3.63) is 47.7 Å². The van der Waals surface area contributed by atoms with Crippen molar-refractivity contribution in [2.75, 3.05) is 23.8 Å². The van der Waals surface area contributed by atoms with Crippen LogP contribution in [0.1, 0.15) is 11.1 Å². The van der Waals surface area contributed by atoms with Crippen LogP contribution in [0.15, 0.2) is 36.5 Å². The second kappa shape index (κ2) is 4.64. The van der Waals surface area contributed by atoms with Crippen molar-refractivity contribution in [1.82, 2.24) is 9.97 Å². The van der Waals surface area contributed by atoms with Crippen molar-refractivity contribution in [3.63, 3.8) is 0 Å². The molecule has 3 rings (SSSR count). The standard InChI is InChI=1S/C14H16N4/c1-15-14-16-8-6-13(17-14)18-9-7-11-4-2-3-5-12(11)10-18/h2-6,8H,7,9-10H2,1H3,(H,15,16,17). The molecular weight excluding hydrogens is 224 g/mol. The molecule has 0 saturated heterocycles. The van der Waals surface area contributed by atoms with Crippen molar-refractivity contribution in [2.24, 2.45) is 0 Å². The Balaban J connectivity index is 1.87. The molecule has 0 fully saturated rings. The van der Waals surface area contributed by atoms with E-state index in [1.807, 2.05) is 13.1 Å². The van der Waals surface area contributed by atoms with E-state index >= 15 is 0 Å². The minimum atomic E-state index is 0.673. The predicted molar refractivity (Wildman–Crippen MR) is 72.8 cm³/mol. The lowest BCUT2D eigenvalue weighted by Gasteiger charge is -2.29. The van der Waals surface area contributed by atoms with Gasteiger partial charge in [0.05, 0.1) is 0 Å². The van der Waals surface area contributed by atoms with Crippen LogP contribution in [0.25, 0.3) is 0 Å². The summed E-state index contributed by atoms with van der Waals surface area (Å²) in [5, 5.41) is 2.98. The second-order valence-electron chi connectivity index (χ2n) is 4.43. The molecule has 0 unspecified atom stereocenters. The highest BCUT2D eigenvalue weighted by Crippen LogP contribution is 2.23. The molecule has 1 aliphatic rings. The minimum Gasteiger partial charge on any atom is -0.357 e. The third-order valence-corrected chi connectivity index (χ3v) is 3.32. The first kappa shape index (κ1) is 11.0. The summed E-state index contributed by atoms with van der Waals surface area (Å²) in [5.41, 5.74) is 2.85. The second-order valence-corrected chi connectivity index (χ2v) is 4.43. The summed E-state index contributed by atoms with van der Waals surface area (Å²) in [6.45, 7) is 1.94. The molecule has 0 amide bonds. The van der Waals surface area contributed by atoms with E-state index in [1.54, 1.807) is 6.20 Å². The summed E-state index contributed by atoms with van der Waals surface area (Å²) in [6.07, 6.45) is 2.88. The van der Waals surface area contributed by atoms with Crippen LogP contribution in [-0.2, 0) is 13.0 Å². The smallest absolute Gasteiger partial charge is 0.224 e. The zero-order valence-electron chi connectivity index (χ0n) is 10.4. The Morgan fingerprint density at radius 3 is 2.83 bits per heavy atom. The summed E-state index contributed by atoms with van der Waals surface area (Å²) in [5.74, 6) is 1.66. The van der Waals surface area contributed by atoms with Crippen LogP contribution < -0.4 is 10.2 Å². The van der Waals surface area contributed by atoms with Gasteiger partial charge in [-0.3, -0.25) is 0 Å². The van der Waals surface area contributed by atoms with Gasteiger partial charge in [-0.1, -0.05) is 24.3 Å². The molecule has 1 aliphatic heterocycles. The normalized spacial score (nSPS) is 14.2. The molecule has 4 heteroatoms. The Morgan fingerprint density at radius 1 is 1.17 bits per heavy atom. The third kappa shape index (κ3) is 2.01. The molecule has 18 heavy (non-hydrogen) atoms. The van der Waals surface area contributed by atoms with Crippen molar-refractivity contribution < 1.29 is 0 Å². The van der Waals surface area contributed by atoms with Crippen molar-refractivity contribution in [3.8, 4) is 0 Å². The number of aromatic nitrogens is 2. The van der Waals surface area contributed by atoms with Crippen LogP contribution in [0.4, 0.5) is 11.8 Å². The van der Waals surface area contributed by atoms with Crippen LogP contribution in [0.5, 0.6) is 0 Å². The molecule has 4 nitrogen and oxygen atoms in total. The number of anilines is 2. The van der Waals surface area contributed by atoms with Gasteiger partial charge in [0.2, 0.25) is 5.95 Å². The van der Waals surface area contributed by atoms with E-state index in [2.05, 4.69) is 44.5 Å². The molecule has 1 aromatic heterocycles. The molecule has 1 N–H and O–H groups in total. The van der Waals surface area contributed by atoms with Crippen LogP contribution in [-0.4, -0.2) is 23.6 Å². The Bertz CT molecular complexity index is 553. The summed E-state index contributed by atoms with van der Waals surface area (Å²) in [4.78, 5) is 10.9. The first-order valence-electron chi connectivity index (χ1n) is 6.19. The van der Waals surface area contributed by atoms with Crippen LogP contribution in [0.3, 0.4) is 0 Å². The molecule has 2 heterocycles. The highest BCUT2D eigenvalue weighted by atomic mass is 15.2. The lowest BCUT2D eigenvalue weighted by atomic mass is 10.00. The number of benzene rings is 1. The van der Waals surface area contributed by atoms with Gasteiger partial charge in [-0.25, -0.2) is 4.98 Å². The fourth-order valence-electron chi connectivity index (χ4n) is 2.34. The van der Waals surface area contributed by atoms with E-state index in [0.29, 0.717) is 5.95 Å². The molecule has 0 spiro atoms. The minimum absolute atomic E-state index is 0.673. The average Bonchev–Trinajstić information content (AvgIpc) is 2.47. The van der Waals surface area contributed by atoms with Gasteiger partial charge in [-0.05, 0) is 23.6 Å². The molecule has 0 atom stereocenters. The molecule has 1 aromatic carbocycles. The van der Waals surface area contributed by atoms with E-state index in [1.165, 1.54) is 11.1 Å². The fraction of sp³-hybridized carbons (Fsp3) is 0.286. The Kier molecular flexibility index (Phi) is 2.84. The Morgan fingerprint density at radius 2 is 2.00 bits per heavy atom. The largest absolute Gasteiger partial charge is 0.357 e. The van der Waals surface area contributed by atoms with Crippen LogP contribution >= 0.6 is 0 Å². The van der Waals surface area contributed by atoms with Crippen molar-refractivity contribution >= 4 is 11.8 Å². The van der Waals surface area contributed by atoms with E-state index < -0.39 is 0 Å². The van der Waals surface area contributed by atoms with E-state index in [9.17, 15) is 0 Å². The highest BCUT2D eigenvalue weighted by Gasteiger charge is 2.17. The summed E-state index contributed by atoms with van der Waals surface area (Å²) in [6, 6.07) is 10.6. The first-order valence-corrected chi connectivity index (χ1v) is 6.19. The van der Waals surface area contributed by atoms with Gasteiger partial charge in [-0.2, -0.15) is 4.98 Å². The van der Waals surface area contributed by atoms with Crippen molar-refractivity contribution in [1.29, 1.82) is 0 Å². The van der Waals surface area contributed by atoms with Gasteiger partial charge >= 0.3 is 0 Å². The maximum atomic E-state index is 4.49. The SMILES string of the molecule is CNc1nccc(N2CCc3ccccc3C2)n1. The Hall–Kier alpha value is -2.10. The lowest BCUT2D eigenvalue weighted by molar-refractivity contribution is 0.720. The first-order chi connectivity index (χ1) is 8.86. The molecule has 0 aliphatic carbocycles. The van der Waals surface area contributed by atoms with Gasteiger partial charge in [0.25, 0.3) is 0 Å². The third-order valence-electron chi connectivity index (χ3n) is 3.32. The summed E-state index contributed by atoms with van der Waals surface area (Å²) in [7, 11) is 1.84. The number of rotatable bonds is 2. The fourth-order valence-corrected chi connectivity index (χ4v) is 2.34. The predicted octanol–water partition coefficient (Wildman–Crippen LogP) is 2.08. The quantitative estimate of drug-likeness (QED) is 0.872. The van der Waals surface area contributed by atoms with Gasteiger partial charge in [0.1, 0.15) is 5.82 Å². The van der Waals surface area contributed by atoms with E-state index in [0.717, 1.165) is 25.3 Å². The number of fused-ring (bicyclic) bond motifs is 1. The van der Waals surface area contributed by atoms with Gasteiger partial charge < -0.3 is 10.2 Å². The highest BCUT2D eigenvalue weighted by molar-refractivity contribution is 5.46. The van der Waals surface area contributed by atoms with Crippen molar-refractivity contribution in [2.45, 2.75) is 13.0 Å². The average molecular weight is 240 g/mol. The van der Waals surface area contributed by atoms with Crippen LogP contribution in [0.2, 0.25) is 0 Å². The van der Waals surface area contributed by atoms with E-state index in [4.69, 9.17) is 0 Å². The molecule has 0 radical (unpaired) electrons. The molecule has 92 valence electrons. The number of hydrogen-bond donors (Lipinski definition) is 1. The zero-order chi connectivity index (χ0) is 12.4. The zero-order valence-corrected chi connectivity index (χ0v) is 10.4. The topological polar surface area (TPSA) is 41.1 Å². The molecular formula is C14H16N4. The number of nitrogens with zero attached hydrogens (tertiary/aromatic N) is 3. The number of hydrogen-bond acceptors (Lipinski definition) is 4. The van der Waals surface area contributed by atoms with Gasteiger partial charge in [0.15, 0.2) is 0 Å². The summed E-state index contributed by atoms with van der Waals surface area (Å²) >= 11 is 0. The van der Waals surface area contributed by atoms with Crippen LogP contribution in [0, 0.1) is 0 Å². The number of nitrogens with one attached hydrogen (secondary N) is 1. The lowest BCUT2D eigenvalue weighted by Crippen LogP contribution is -2.31. The monoisotopic (exact) mass is 240 g/mol. The maximum Gasteiger partial charge on any atom is 0.224 e. The molecule has 0 saturated carbocycles. The van der Waals surface area contributed by atoms with Gasteiger partial charge in [-0.15, -0.1) is 0 Å². The van der Waals surface area contributed by atoms with E-state index in [-0.39, 0.29) is 0 Å². The summed E-state index contributed by atoms with van der Waals surface area (Å²) < 4.78 is 0. The molecule has 2 aromatic rings. The van der Waals surface area contributed by atoms with Gasteiger partial charge in [0, 0.05) is 26.3 Å². The maximum absolute atomic E-state index is 4.49.